The number of rotatable bonds is 5. The Morgan fingerprint density at radius 2 is 2.24 bits per heavy atom. The van der Waals surface area contributed by atoms with Crippen molar-refractivity contribution in [3.05, 3.63) is 58.4 Å². The number of carbonyl (C=O) groups excluding carboxylic acids is 1. The number of aromatic nitrogens is 5. The molecule has 25 heavy (non-hydrogen) atoms. The fourth-order valence-corrected chi connectivity index (χ4v) is 2.24. The zero-order valence-corrected chi connectivity index (χ0v) is 13.7. The van der Waals surface area contributed by atoms with Gasteiger partial charge in [-0.1, -0.05) is 12.1 Å². The molecular formula is C16H16N6O3. The molecule has 0 aliphatic rings. The van der Waals surface area contributed by atoms with Gasteiger partial charge in [0.1, 0.15) is 17.4 Å². The van der Waals surface area contributed by atoms with Gasteiger partial charge in [0, 0.05) is 24.2 Å². The highest BCUT2D eigenvalue weighted by molar-refractivity contribution is 5.93. The standard InChI is InChI=1S/C16H16N6O3/c1-3-12(16-19-9(2)22-25-16)20-14(23)11-8-18-13(21-15(11)24)10-5-4-6-17-7-10/h4-8,12H,3H2,1-2H3,(H,20,23)(H,18,21,24)/t12-/m1/s1. The second-order valence-electron chi connectivity index (χ2n) is 5.33. The van der Waals surface area contributed by atoms with Crippen LogP contribution >= 0.6 is 0 Å². The van der Waals surface area contributed by atoms with Crippen LogP contribution in [0.2, 0.25) is 0 Å². The average molecular weight is 340 g/mol. The number of pyridine rings is 1. The maximum absolute atomic E-state index is 12.4. The topological polar surface area (TPSA) is 127 Å². The van der Waals surface area contributed by atoms with E-state index in [1.807, 2.05) is 6.92 Å². The molecule has 0 unspecified atom stereocenters. The average Bonchev–Trinajstić information content (AvgIpc) is 3.06. The first-order valence-corrected chi connectivity index (χ1v) is 7.69. The number of aryl methyl sites for hydroxylation is 1. The summed E-state index contributed by atoms with van der Waals surface area (Å²) in [4.78, 5) is 39.4. The molecule has 9 nitrogen and oxygen atoms in total. The summed E-state index contributed by atoms with van der Waals surface area (Å²) in [6.45, 7) is 3.55. The van der Waals surface area contributed by atoms with Crippen molar-refractivity contribution in [2.45, 2.75) is 26.3 Å². The number of nitrogens with one attached hydrogen (secondary N) is 2. The highest BCUT2D eigenvalue weighted by Gasteiger charge is 2.21. The van der Waals surface area contributed by atoms with Crippen molar-refractivity contribution in [2.75, 3.05) is 0 Å². The van der Waals surface area contributed by atoms with E-state index in [0.717, 1.165) is 0 Å². The Morgan fingerprint density at radius 3 is 2.84 bits per heavy atom. The van der Waals surface area contributed by atoms with Crippen molar-refractivity contribution >= 4 is 5.91 Å². The lowest BCUT2D eigenvalue weighted by molar-refractivity contribution is 0.0925. The predicted molar refractivity (Wildman–Crippen MR) is 87.6 cm³/mol. The van der Waals surface area contributed by atoms with Gasteiger partial charge in [-0.05, 0) is 25.5 Å². The molecule has 0 fully saturated rings. The summed E-state index contributed by atoms with van der Waals surface area (Å²) in [6, 6.07) is 3.01. The number of hydrogen-bond donors (Lipinski definition) is 2. The molecule has 1 atom stereocenters. The van der Waals surface area contributed by atoms with Crippen molar-refractivity contribution in [1.29, 1.82) is 0 Å². The van der Waals surface area contributed by atoms with E-state index in [-0.39, 0.29) is 5.56 Å². The molecule has 0 saturated carbocycles. The third kappa shape index (κ3) is 3.60. The van der Waals surface area contributed by atoms with Crippen molar-refractivity contribution in [3.63, 3.8) is 0 Å². The SMILES string of the molecule is CC[C@@H](NC(=O)c1cnc(-c2cccnc2)[nH]c1=O)c1nc(C)no1. The van der Waals surface area contributed by atoms with E-state index in [1.54, 1.807) is 31.5 Å². The highest BCUT2D eigenvalue weighted by atomic mass is 16.5. The molecular weight excluding hydrogens is 324 g/mol. The molecule has 0 radical (unpaired) electrons. The van der Waals surface area contributed by atoms with E-state index in [9.17, 15) is 9.59 Å². The summed E-state index contributed by atoms with van der Waals surface area (Å²) in [7, 11) is 0. The lowest BCUT2D eigenvalue weighted by atomic mass is 10.2. The van der Waals surface area contributed by atoms with E-state index >= 15 is 0 Å². The predicted octanol–water partition coefficient (Wildman–Crippen LogP) is 1.40. The Bertz CT molecular complexity index is 934. The van der Waals surface area contributed by atoms with Crippen molar-refractivity contribution < 1.29 is 9.32 Å². The normalized spacial score (nSPS) is 11.9. The minimum Gasteiger partial charge on any atom is -0.340 e. The van der Waals surface area contributed by atoms with Crippen molar-refractivity contribution in [2.24, 2.45) is 0 Å². The molecule has 0 aliphatic heterocycles. The molecule has 0 aliphatic carbocycles. The van der Waals surface area contributed by atoms with Gasteiger partial charge >= 0.3 is 0 Å². The Hall–Kier alpha value is -3.36. The zero-order chi connectivity index (χ0) is 17.8. The van der Waals surface area contributed by atoms with Crippen LogP contribution < -0.4 is 10.9 Å². The molecule has 0 spiro atoms. The lowest BCUT2D eigenvalue weighted by Gasteiger charge is -2.12. The van der Waals surface area contributed by atoms with E-state index in [2.05, 4.69) is 30.4 Å². The first-order chi connectivity index (χ1) is 12.1. The molecule has 9 heteroatoms. The van der Waals surface area contributed by atoms with Crippen LogP contribution in [-0.2, 0) is 0 Å². The maximum atomic E-state index is 12.4. The van der Waals surface area contributed by atoms with Gasteiger partial charge < -0.3 is 14.8 Å². The van der Waals surface area contributed by atoms with Crippen LogP contribution in [0.4, 0.5) is 0 Å². The minimum absolute atomic E-state index is 0.0951. The first kappa shape index (κ1) is 16.5. The van der Waals surface area contributed by atoms with Crippen molar-refractivity contribution in [3.8, 4) is 11.4 Å². The third-order valence-electron chi connectivity index (χ3n) is 3.53. The second kappa shape index (κ2) is 7.04. The summed E-state index contributed by atoms with van der Waals surface area (Å²) in [5.74, 6) is 0.552. The zero-order valence-electron chi connectivity index (χ0n) is 13.7. The maximum Gasteiger partial charge on any atom is 0.264 e. The van der Waals surface area contributed by atoms with Crippen molar-refractivity contribution in [1.82, 2.24) is 30.4 Å². The largest absolute Gasteiger partial charge is 0.340 e. The van der Waals surface area contributed by atoms with E-state index in [1.165, 1.54) is 6.20 Å². The van der Waals surface area contributed by atoms with Crippen LogP contribution in [-0.4, -0.2) is 31.0 Å². The minimum atomic E-state index is -0.561. The molecule has 0 bridgehead atoms. The smallest absolute Gasteiger partial charge is 0.264 e. The van der Waals surface area contributed by atoms with Gasteiger partial charge in [0.05, 0.1) is 0 Å². The first-order valence-electron chi connectivity index (χ1n) is 7.69. The van der Waals surface area contributed by atoms with E-state index < -0.39 is 17.5 Å². The van der Waals surface area contributed by atoms with E-state index in [0.29, 0.717) is 29.5 Å². The summed E-state index contributed by atoms with van der Waals surface area (Å²) in [5, 5.41) is 6.41. The summed E-state index contributed by atoms with van der Waals surface area (Å²) in [5.41, 5.74) is 0.0181. The van der Waals surface area contributed by atoms with Crippen LogP contribution in [0.3, 0.4) is 0 Å². The molecule has 128 valence electrons. The van der Waals surface area contributed by atoms with Gasteiger partial charge in [-0.15, -0.1) is 0 Å². The Balaban J connectivity index is 1.81. The molecule has 0 saturated heterocycles. The number of hydrogen-bond acceptors (Lipinski definition) is 7. The van der Waals surface area contributed by atoms with Crippen LogP contribution in [0.15, 0.2) is 40.0 Å². The third-order valence-corrected chi connectivity index (χ3v) is 3.53. The number of carbonyl (C=O) groups is 1. The fraction of sp³-hybridized carbons (Fsp3) is 0.250. The Labute approximate surface area is 142 Å². The van der Waals surface area contributed by atoms with Gasteiger partial charge in [-0.25, -0.2) is 4.98 Å². The number of amides is 1. The summed E-state index contributed by atoms with van der Waals surface area (Å²) in [6.07, 6.45) is 4.96. The fourth-order valence-electron chi connectivity index (χ4n) is 2.24. The van der Waals surface area contributed by atoms with Gasteiger partial charge in [0.15, 0.2) is 5.82 Å². The monoisotopic (exact) mass is 340 g/mol. The number of nitrogens with zero attached hydrogens (tertiary/aromatic N) is 4. The molecule has 3 rings (SSSR count). The van der Waals surface area contributed by atoms with Gasteiger partial charge in [0.2, 0.25) is 5.89 Å². The van der Waals surface area contributed by atoms with Gasteiger partial charge in [0.25, 0.3) is 11.5 Å². The molecule has 3 heterocycles. The number of H-pyrrole nitrogens is 1. The van der Waals surface area contributed by atoms with E-state index in [4.69, 9.17) is 4.52 Å². The molecule has 0 aromatic carbocycles. The van der Waals surface area contributed by atoms with Crippen LogP contribution in [0.5, 0.6) is 0 Å². The molecule has 1 amide bonds. The van der Waals surface area contributed by atoms with Crippen LogP contribution in [0.1, 0.15) is 41.5 Å². The second-order valence-corrected chi connectivity index (χ2v) is 5.33. The number of aromatic amines is 1. The van der Waals surface area contributed by atoms with Crippen LogP contribution in [0.25, 0.3) is 11.4 Å². The van der Waals surface area contributed by atoms with Gasteiger partial charge in [-0.2, -0.15) is 4.98 Å². The summed E-state index contributed by atoms with van der Waals surface area (Å²) >= 11 is 0. The lowest BCUT2D eigenvalue weighted by Crippen LogP contribution is -2.33. The van der Waals surface area contributed by atoms with Crippen LogP contribution in [0, 0.1) is 6.92 Å². The molecule has 2 N–H and O–H groups in total. The molecule has 3 aromatic rings. The summed E-state index contributed by atoms with van der Waals surface area (Å²) < 4.78 is 5.08. The quantitative estimate of drug-likeness (QED) is 0.718. The molecule has 3 aromatic heterocycles. The highest BCUT2D eigenvalue weighted by Crippen LogP contribution is 2.15. The Morgan fingerprint density at radius 1 is 1.40 bits per heavy atom. The Kier molecular flexibility index (Phi) is 4.64. The van der Waals surface area contributed by atoms with Gasteiger partial charge in [-0.3, -0.25) is 14.6 Å².